The van der Waals surface area contributed by atoms with E-state index in [2.05, 4.69) is 15.9 Å². The molecule has 0 atom stereocenters. The quantitative estimate of drug-likeness (QED) is 0.930. The minimum Gasteiger partial charge on any atom is -0.341 e. The summed E-state index contributed by atoms with van der Waals surface area (Å²) in [5, 5.41) is 0. The maximum Gasteiger partial charge on any atom is 0.225 e. The monoisotopic (exact) mass is 314 g/mol. The summed E-state index contributed by atoms with van der Waals surface area (Å²) in [6.45, 7) is 0.288. The van der Waals surface area contributed by atoms with E-state index in [9.17, 15) is 9.18 Å². The molecular weight excluding hydrogens is 299 g/mol. The fourth-order valence-electron chi connectivity index (χ4n) is 2.17. The van der Waals surface area contributed by atoms with E-state index in [0.717, 1.165) is 17.3 Å². The number of rotatable bonds is 3. The first-order chi connectivity index (χ1) is 8.47. The van der Waals surface area contributed by atoms with Crippen molar-refractivity contribution in [3.8, 4) is 0 Å². The van der Waals surface area contributed by atoms with Gasteiger partial charge in [0.1, 0.15) is 5.82 Å². The predicted molar refractivity (Wildman–Crippen MR) is 71.3 cm³/mol. The normalized spacial score (nSPS) is 22.4. The van der Waals surface area contributed by atoms with E-state index in [-0.39, 0.29) is 30.2 Å². The largest absolute Gasteiger partial charge is 0.341 e. The van der Waals surface area contributed by atoms with Gasteiger partial charge in [0.25, 0.3) is 0 Å². The minimum atomic E-state index is -0.289. The first-order valence-corrected chi connectivity index (χ1v) is 6.71. The van der Waals surface area contributed by atoms with Crippen LogP contribution in [0, 0.1) is 11.7 Å². The molecule has 0 heterocycles. The lowest BCUT2D eigenvalue weighted by atomic mass is 9.80. The number of hydrogen-bond donors (Lipinski definition) is 1. The average molecular weight is 315 g/mol. The molecule has 2 rings (SSSR count). The number of amides is 1. The zero-order valence-electron chi connectivity index (χ0n) is 10.2. The van der Waals surface area contributed by atoms with E-state index in [1.807, 2.05) is 0 Å². The zero-order chi connectivity index (χ0) is 13.3. The van der Waals surface area contributed by atoms with Crippen LogP contribution in [-0.2, 0) is 11.3 Å². The Morgan fingerprint density at radius 2 is 2.22 bits per heavy atom. The molecule has 1 aromatic carbocycles. The maximum absolute atomic E-state index is 13.6. The second kappa shape index (κ2) is 5.36. The zero-order valence-corrected chi connectivity index (χ0v) is 11.8. The van der Waals surface area contributed by atoms with Gasteiger partial charge < -0.3 is 10.6 Å². The Morgan fingerprint density at radius 3 is 2.83 bits per heavy atom. The van der Waals surface area contributed by atoms with Gasteiger partial charge in [0.2, 0.25) is 5.91 Å². The van der Waals surface area contributed by atoms with Crippen molar-refractivity contribution in [1.82, 2.24) is 4.90 Å². The summed E-state index contributed by atoms with van der Waals surface area (Å²) in [7, 11) is 1.70. The van der Waals surface area contributed by atoms with E-state index >= 15 is 0 Å². The van der Waals surface area contributed by atoms with Crippen LogP contribution in [0.15, 0.2) is 22.7 Å². The van der Waals surface area contributed by atoms with Gasteiger partial charge in [0, 0.05) is 35.6 Å². The summed E-state index contributed by atoms with van der Waals surface area (Å²) < 4.78 is 14.4. The summed E-state index contributed by atoms with van der Waals surface area (Å²) in [5.41, 5.74) is 6.18. The van der Waals surface area contributed by atoms with E-state index in [4.69, 9.17) is 5.73 Å². The van der Waals surface area contributed by atoms with Gasteiger partial charge in [-0.15, -0.1) is 0 Å². The van der Waals surface area contributed by atoms with E-state index in [1.54, 1.807) is 24.1 Å². The Labute approximate surface area is 114 Å². The van der Waals surface area contributed by atoms with Crippen molar-refractivity contribution in [3.63, 3.8) is 0 Å². The second-order valence-corrected chi connectivity index (χ2v) is 5.77. The second-order valence-electron chi connectivity index (χ2n) is 4.86. The Balaban J connectivity index is 2.00. The molecule has 98 valence electrons. The summed E-state index contributed by atoms with van der Waals surface area (Å²) >= 11 is 3.30. The number of hydrogen-bond acceptors (Lipinski definition) is 2. The smallest absolute Gasteiger partial charge is 0.225 e. The van der Waals surface area contributed by atoms with Gasteiger partial charge in [0.15, 0.2) is 0 Å². The van der Waals surface area contributed by atoms with Crippen LogP contribution in [0.1, 0.15) is 18.4 Å². The van der Waals surface area contributed by atoms with Crippen molar-refractivity contribution in [2.24, 2.45) is 11.7 Å². The molecule has 1 saturated carbocycles. The van der Waals surface area contributed by atoms with Gasteiger partial charge >= 0.3 is 0 Å². The molecule has 3 nitrogen and oxygen atoms in total. The number of carbonyl (C=O) groups is 1. The first kappa shape index (κ1) is 13.5. The highest BCUT2D eigenvalue weighted by atomic mass is 79.9. The first-order valence-electron chi connectivity index (χ1n) is 5.92. The van der Waals surface area contributed by atoms with Crippen LogP contribution in [-0.4, -0.2) is 23.9 Å². The molecule has 0 aromatic heterocycles. The topological polar surface area (TPSA) is 46.3 Å². The van der Waals surface area contributed by atoms with Gasteiger partial charge in [-0.05, 0) is 31.0 Å². The Morgan fingerprint density at radius 1 is 1.56 bits per heavy atom. The van der Waals surface area contributed by atoms with Gasteiger partial charge in [-0.2, -0.15) is 0 Å². The molecule has 1 amide bonds. The molecule has 0 radical (unpaired) electrons. The highest BCUT2D eigenvalue weighted by molar-refractivity contribution is 9.10. The van der Waals surface area contributed by atoms with E-state index < -0.39 is 0 Å². The summed E-state index contributed by atoms with van der Waals surface area (Å²) in [5.74, 6) is -0.223. The number of halogens is 2. The molecule has 1 fully saturated rings. The van der Waals surface area contributed by atoms with Gasteiger partial charge in [-0.1, -0.05) is 15.9 Å². The molecular formula is C13H16BrFN2O. The fourth-order valence-corrected chi connectivity index (χ4v) is 2.58. The minimum absolute atomic E-state index is 0.0141. The Hall–Kier alpha value is -0.940. The number of benzene rings is 1. The number of nitrogens with zero attached hydrogens (tertiary/aromatic N) is 1. The fraction of sp³-hybridized carbons (Fsp3) is 0.462. The van der Waals surface area contributed by atoms with Crippen molar-refractivity contribution >= 4 is 21.8 Å². The molecule has 0 unspecified atom stereocenters. The van der Waals surface area contributed by atoms with E-state index in [0.29, 0.717) is 5.56 Å². The van der Waals surface area contributed by atoms with Gasteiger partial charge in [0.05, 0.1) is 0 Å². The molecule has 1 aliphatic carbocycles. The molecule has 0 spiro atoms. The third kappa shape index (κ3) is 2.90. The molecule has 0 aliphatic heterocycles. The van der Waals surface area contributed by atoms with E-state index in [1.165, 1.54) is 6.07 Å². The van der Waals surface area contributed by atoms with Crippen molar-refractivity contribution in [1.29, 1.82) is 0 Å². The highest BCUT2D eigenvalue weighted by Crippen LogP contribution is 2.28. The molecule has 18 heavy (non-hydrogen) atoms. The number of carbonyl (C=O) groups excluding carboxylic acids is 1. The molecule has 2 N–H and O–H groups in total. The van der Waals surface area contributed by atoms with Crippen LogP contribution in [0.5, 0.6) is 0 Å². The Kier molecular flexibility index (Phi) is 4.02. The van der Waals surface area contributed by atoms with Crippen LogP contribution in [0.3, 0.4) is 0 Å². The lowest BCUT2D eigenvalue weighted by Crippen LogP contribution is -2.45. The summed E-state index contributed by atoms with van der Waals surface area (Å²) in [6.07, 6.45) is 1.48. The lowest BCUT2D eigenvalue weighted by Gasteiger charge is -2.34. The van der Waals surface area contributed by atoms with Crippen molar-refractivity contribution < 1.29 is 9.18 Å². The molecule has 5 heteroatoms. The van der Waals surface area contributed by atoms with Crippen LogP contribution in [0.4, 0.5) is 4.39 Å². The van der Waals surface area contributed by atoms with Crippen LogP contribution in [0.25, 0.3) is 0 Å². The van der Waals surface area contributed by atoms with Crippen molar-refractivity contribution in [2.45, 2.75) is 25.4 Å². The standard InChI is InChI=1S/C13H16BrFN2O/c1-17(13(18)8-5-11(16)6-8)7-9-4-10(14)2-3-12(9)15/h2-4,8,11H,5-7,16H2,1H3. The van der Waals surface area contributed by atoms with Crippen LogP contribution >= 0.6 is 15.9 Å². The van der Waals surface area contributed by atoms with Crippen LogP contribution < -0.4 is 5.73 Å². The summed E-state index contributed by atoms with van der Waals surface area (Å²) in [4.78, 5) is 13.6. The maximum atomic E-state index is 13.6. The Bertz CT molecular complexity index is 460. The third-order valence-corrected chi connectivity index (χ3v) is 3.81. The SMILES string of the molecule is CN(Cc1cc(Br)ccc1F)C(=O)C1CC(N)C1. The van der Waals surface area contributed by atoms with Crippen molar-refractivity contribution in [2.75, 3.05) is 7.05 Å². The summed E-state index contributed by atoms with van der Waals surface area (Å²) in [6, 6.07) is 4.89. The highest BCUT2D eigenvalue weighted by Gasteiger charge is 2.33. The molecule has 1 aromatic rings. The van der Waals surface area contributed by atoms with Gasteiger partial charge in [-0.3, -0.25) is 4.79 Å². The van der Waals surface area contributed by atoms with Crippen molar-refractivity contribution in [3.05, 3.63) is 34.1 Å². The molecule has 0 saturated heterocycles. The average Bonchev–Trinajstić information content (AvgIpc) is 2.29. The molecule has 0 bridgehead atoms. The van der Waals surface area contributed by atoms with Crippen LogP contribution in [0.2, 0.25) is 0 Å². The molecule has 1 aliphatic rings. The lowest BCUT2D eigenvalue weighted by molar-refractivity contribution is -0.137. The third-order valence-electron chi connectivity index (χ3n) is 3.32. The van der Waals surface area contributed by atoms with Gasteiger partial charge in [-0.25, -0.2) is 4.39 Å². The predicted octanol–water partition coefficient (Wildman–Crippen LogP) is 2.28. The number of nitrogens with two attached hydrogens (primary N) is 1.